The van der Waals surface area contributed by atoms with Crippen molar-refractivity contribution in [2.24, 2.45) is 5.73 Å². The predicted octanol–water partition coefficient (Wildman–Crippen LogP) is 0.498. The van der Waals surface area contributed by atoms with Crippen LogP contribution in [-0.2, 0) is 4.79 Å². The molecule has 0 aliphatic heterocycles. The van der Waals surface area contributed by atoms with Crippen molar-refractivity contribution >= 4 is 18.6 Å². The Morgan fingerprint density at radius 2 is 2.30 bits per heavy atom. The van der Waals surface area contributed by atoms with Crippen molar-refractivity contribution in [2.75, 3.05) is 6.54 Å². The van der Waals surface area contributed by atoms with Crippen molar-refractivity contribution < 1.29 is 9.90 Å². The van der Waals surface area contributed by atoms with E-state index in [1.807, 2.05) is 0 Å². The molecule has 3 nitrogen and oxygen atoms in total. The number of carboxylic acid groups (broad SMARTS) is 1. The van der Waals surface area contributed by atoms with Gasteiger partial charge in [0, 0.05) is 0 Å². The molecule has 0 aliphatic rings. The molecule has 3 N–H and O–H groups in total. The summed E-state index contributed by atoms with van der Waals surface area (Å²) in [7, 11) is 0. The number of nitrogens with two attached hydrogens (primary N) is 1. The molecule has 10 heavy (non-hydrogen) atoms. The second-order valence-corrected chi connectivity index (χ2v) is 3.09. The normalized spacial score (nSPS) is 16.3. The van der Waals surface area contributed by atoms with E-state index < -0.39 is 10.7 Å². The number of thiol groups is 1. The summed E-state index contributed by atoms with van der Waals surface area (Å²) < 4.78 is -0.922. The summed E-state index contributed by atoms with van der Waals surface area (Å²) in [6, 6.07) is 0. The van der Waals surface area contributed by atoms with E-state index in [-0.39, 0.29) is 0 Å². The van der Waals surface area contributed by atoms with Crippen LogP contribution in [0.15, 0.2) is 0 Å². The Labute approximate surface area is 66.0 Å². The first-order valence-corrected chi connectivity index (χ1v) is 3.67. The van der Waals surface area contributed by atoms with E-state index in [1.54, 1.807) is 6.92 Å². The number of rotatable bonds is 4. The van der Waals surface area contributed by atoms with Gasteiger partial charge in [-0.25, -0.2) is 0 Å². The Morgan fingerprint density at radius 3 is 2.40 bits per heavy atom. The van der Waals surface area contributed by atoms with E-state index in [1.165, 1.54) is 0 Å². The summed E-state index contributed by atoms with van der Waals surface area (Å²) in [5.74, 6) is -0.885. The lowest BCUT2D eigenvalue weighted by Gasteiger charge is -2.20. The molecule has 0 aliphatic carbocycles. The molecule has 0 bridgehead atoms. The van der Waals surface area contributed by atoms with Gasteiger partial charge in [-0.2, -0.15) is 12.6 Å². The van der Waals surface area contributed by atoms with Crippen LogP contribution in [0.3, 0.4) is 0 Å². The van der Waals surface area contributed by atoms with Crippen LogP contribution in [0.25, 0.3) is 0 Å². The fourth-order valence-electron chi connectivity index (χ4n) is 0.674. The highest BCUT2D eigenvalue weighted by Gasteiger charge is 2.30. The molecule has 60 valence electrons. The molecule has 1 unspecified atom stereocenters. The molecule has 0 fully saturated rings. The molecule has 0 aromatic carbocycles. The molecule has 0 aromatic heterocycles. The third-order valence-electron chi connectivity index (χ3n) is 1.54. The van der Waals surface area contributed by atoms with Crippen LogP contribution in [0, 0.1) is 0 Å². The molecule has 0 aromatic rings. The molecule has 4 heteroatoms. The Kier molecular flexibility index (Phi) is 3.75. The second-order valence-electron chi connectivity index (χ2n) is 2.23. The van der Waals surface area contributed by atoms with Gasteiger partial charge in [0.1, 0.15) is 4.75 Å². The minimum atomic E-state index is -0.922. The van der Waals surface area contributed by atoms with E-state index in [9.17, 15) is 4.79 Å². The van der Waals surface area contributed by atoms with Gasteiger partial charge in [-0.15, -0.1) is 0 Å². The predicted molar refractivity (Wildman–Crippen MR) is 43.3 cm³/mol. The molecule has 0 saturated heterocycles. The van der Waals surface area contributed by atoms with E-state index in [0.29, 0.717) is 19.4 Å². The molecule has 0 radical (unpaired) electrons. The maximum atomic E-state index is 10.5. The monoisotopic (exact) mass is 163 g/mol. The second kappa shape index (κ2) is 3.83. The minimum absolute atomic E-state index is 0.365. The number of aliphatic carboxylic acids is 1. The van der Waals surface area contributed by atoms with Crippen molar-refractivity contribution in [2.45, 2.75) is 24.5 Å². The molecule has 0 saturated carbocycles. The van der Waals surface area contributed by atoms with E-state index in [0.717, 1.165) is 0 Å². The van der Waals surface area contributed by atoms with Gasteiger partial charge in [0.05, 0.1) is 0 Å². The van der Waals surface area contributed by atoms with Crippen molar-refractivity contribution in [3.63, 3.8) is 0 Å². The molecule has 0 rings (SSSR count). The van der Waals surface area contributed by atoms with Crippen LogP contribution in [0.1, 0.15) is 19.8 Å². The highest BCUT2D eigenvalue weighted by atomic mass is 32.1. The van der Waals surface area contributed by atoms with Crippen LogP contribution < -0.4 is 5.73 Å². The maximum absolute atomic E-state index is 10.5. The lowest BCUT2D eigenvalue weighted by atomic mass is 10.0. The van der Waals surface area contributed by atoms with E-state index >= 15 is 0 Å². The minimum Gasteiger partial charge on any atom is -0.480 e. The van der Waals surface area contributed by atoms with Crippen molar-refractivity contribution in [3.8, 4) is 0 Å². The summed E-state index contributed by atoms with van der Waals surface area (Å²) >= 11 is 4.01. The Bertz CT molecular complexity index is 129. The summed E-state index contributed by atoms with van der Waals surface area (Å²) in [6.45, 7) is 2.15. The molecule has 0 heterocycles. The number of carboxylic acids is 1. The highest BCUT2D eigenvalue weighted by Crippen LogP contribution is 2.22. The zero-order valence-corrected chi connectivity index (χ0v) is 6.90. The summed E-state index contributed by atoms with van der Waals surface area (Å²) in [5, 5.41) is 8.63. The van der Waals surface area contributed by atoms with Gasteiger partial charge in [-0.3, -0.25) is 4.79 Å². The molecule has 0 amide bonds. The van der Waals surface area contributed by atoms with Crippen LogP contribution >= 0.6 is 12.6 Å². The van der Waals surface area contributed by atoms with Crippen LogP contribution in [0.5, 0.6) is 0 Å². The third-order valence-corrected chi connectivity index (χ3v) is 2.27. The number of hydrogen-bond acceptors (Lipinski definition) is 3. The van der Waals surface area contributed by atoms with Gasteiger partial charge in [0.2, 0.25) is 0 Å². The first-order valence-electron chi connectivity index (χ1n) is 3.22. The summed E-state index contributed by atoms with van der Waals surface area (Å²) in [5.41, 5.74) is 5.22. The number of carbonyl (C=O) groups is 1. The zero-order valence-electron chi connectivity index (χ0n) is 6.00. The van der Waals surface area contributed by atoms with E-state index in [2.05, 4.69) is 12.6 Å². The Balaban J connectivity index is 4.08. The van der Waals surface area contributed by atoms with Gasteiger partial charge in [-0.05, 0) is 19.4 Å². The molecule has 0 spiro atoms. The standard InChI is InChI=1S/C6H13NO2S/c1-2-6(10,3-4-7)5(8)9/h10H,2-4,7H2,1H3,(H,8,9). The lowest BCUT2D eigenvalue weighted by molar-refractivity contribution is -0.140. The maximum Gasteiger partial charge on any atom is 0.319 e. The smallest absolute Gasteiger partial charge is 0.319 e. The van der Waals surface area contributed by atoms with Crippen LogP contribution in [0.4, 0.5) is 0 Å². The first-order chi connectivity index (χ1) is 4.56. The summed E-state index contributed by atoms with van der Waals surface area (Å²) in [4.78, 5) is 10.5. The third kappa shape index (κ3) is 2.19. The van der Waals surface area contributed by atoms with Crippen molar-refractivity contribution in [1.82, 2.24) is 0 Å². The summed E-state index contributed by atoms with van der Waals surface area (Å²) in [6.07, 6.45) is 0.921. The lowest BCUT2D eigenvalue weighted by Crippen LogP contribution is -2.34. The van der Waals surface area contributed by atoms with Gasteiger partial charge in [0.15, 0.2) is 0 Å². The average molecular weight is 163 g/mol. The first kappa shape index (κ1) is 9.78. The average Bonchev–Trinajstić information content (AvgIpc) is 1.88. The van der Waals surface area contributed by atoms with E-state index in [4.69, 9.17) is 10.8 Å². The molecular weight excluding hydrogens is 150 g/mol. The Morgan fingerprint density at radius 1 is 1.80 bits per heavy atom. The van der Waals surface area contributed by atoms with Gasteiger partial charge in [-0.1, -0.05) is 6.92 Å². The fourth-order valence-corrected chi connectivity index (χ4v) is 0.803. The molecule has 1 atom stereocenters. The van der Waals surface area contributed by atoms with Gasteiger partial charge >= 0.3 is 5.97 Å². The van der Waals surface area contributed by atoms with Gasteiger partial charge in [0.25, 0.3) is 0 Å². The largest absolute Gasteiger partial charge is 0.480 e. The fraction of sp³-hybridized carbons (Fsp3) is 0.833. The van der Waals surface area contributed by atoms with Crippen LogP contribution in [0.2, 0.25) is 0 Å². The quantitative estimate of drug-likeness (QED) is 0.529. The highest BCUT2D eigenvalue weighted by molar-refractivity contribution is 7.82. The SMILES string of the molecule is CCC(S)(CCN)C(=O)O. The Hall–Kier alpha value is -0.220. The van der Waals surface area contributed by atoms with Gasteiger partial charge < -0.3 is 10.8 Å². The number of hydrogen-bond donors (Lipinski definition) is 3. The van der Waals surface area contributed by atoms with Crippen molar-refractivity contribution in [3.05, 3.63) is 0 Å². The van der Waals surface area contributed by atoms with Crippen molar-refractivity contribution in [1.29, 1.82) is 0 Å². The van der Waals surface area contributed by atoms with Crippen LogP contribution in [-0.4, -0.2) is 22.4 Å². The molecular formula is C6H13NO2S. The zero-order chi connectivity index (χ0) is 8.20. The topological polar surface area (TPSA) is 63.3 Å².